The SMILES string of the molecule is COc1cc(C)ccc1OS(=O)(=O)CCn1nc(C)oc1=O. The maximum Gasteiger partial charge on any atom is 0.437 e. The number of aromatic nitrogens is 2. The van der Waals surface area contributed by atoms with Crippen LogP contribution in [0.4, 0.5) is 0 Å². The normalized spacial score (nSPS) is 11.4. The van der Waals surface area contributed by atoms with E-state index in [1.165, 1.54) is 20.1 Å². The van der Waals surface area contributed by atoms with Gasteiger partial charge in [0.15, 0.2) is 11.5 Å². The standard InChI is InChI=1S/C13H16N2O6S/c1-9-4-5-11(12(8-9)19-3)21-22(17,18)7-6-15-13(16)20-10(2)14-15/h4-5,8H,6-7H2,1-3H3. The Morgan fingerprint density at radius 2 is 2.00 bits per heavy atom. The Balaban J connectivity index is 2.11. The fourth-order valence-electron chi connectivity index (χ4n) is 1.77. The zero-order chi connectivity index (χ0) is 16.3. The average molecular weight is 328 g/mol. The van der Waals surface area contributed by atoms with Crippen LogP contribution in [-0.4, -0.2) is 31.1 Å². The highest BCUT2D eigenvalue weighted by Gasteiger charge is 2.18. The summed E-state index contributed by atoms with van der Waals surface area (Å²) in [7, 11) is -2.48. The fourth-order valence-corrected chi connectivity index (χ4v) is 2.66. The molecule has 0 atom stereocenters. The third-order valence-corrected chi connectivity index (χ3v) is 3.91. The molecule has 0 spiro atoms. The van der Waals surface area contributed by atoms with Crippen LogP contribution in [0, 0.1) is 13.8 Å². The van der Waals surface area contributed by atoms with Crippen LogP contribution in [0.25, 0.3) is 0 Å². The molecule has 120 valence electrons. The summed E-state index contributed by atoms with van der Waals surface area (Å²) in [6.45, 7) is 3.19. The summed E-state index contributed by atoms with van der Waals surface area (Å²) in [6, 6.07) is 4.88. The molecule has 0 bridgehead atoms. The van der Waals surface area contributed by atoms with E-state index in [9.17, 15) is 13.2 Å². The summed E-state index contributed by atoms with van der Waals surface area (Å²) in [5.74, 6) is -0.547. The van der Waals surface area contributed by atoms with Crippen LogP contribution in [0.5, 0.6) is 11.5 Å². The molecule has 22 heavy (non-hydrogen) atoms. The molecule has 1 aromatic heterocycles. The molecular formula is C13H16N2O6S. The summed E-state index contributed by atoms with van der Waals surface area (Å²) in [5.41, 5.74) is 0.909. The Bertz CT molecular complexity index is 821. The second kappa shape index (κ2) is 6.22. The molecule has 9 heteroatoms. The predicted molar refractivity (Wildman–Crippen MR) is 77.6 cm³/mol. The van der Waals surface area contributed by atoms with E-state index in [1.807, 2.05) is 6.92 Å². The van der Waals surface area contributed by atoms with Gasteiger partial charge in [-0.25, -0.2) is 4.79 Å². The maximum atomic E-state index is 12.0. The van der Waals surface area contributed by atoms with E-state index in [0.29, 0.717) is 5.75 Å². The van der Waals surface area contributed by atoms with Gasteiger partial charge in [-0.05, 0) is 24.6 Å². The number of aryl methyl sites for hydroxylation is 3. The van der Waals surface area contributed by atoms with Crippen molar-refractivity contribution >= 4 is 10.1 Å². The number of nitrogens with zero attached hydrogens (tertiary/aromatic N) is 2. The number of hydrogen-bond donors (Lipinski definition) is 0. The molecule has 8 nitrogen and oxygen atoms in total. The third kappa shape index (κ3) is 3.88. The van der Waals surface area contributed by atoms with Gasteiger partial charge in [0.1, 0.15) is 5.75 Å². The number of hydrogen-bond acceptors (Lipinski definition) is 7. The molecule has 0 aliphatic rings. The van der Waals surface area contributed by atoms with Crippen molar-refractivity contribution in [3.63, 3.8) is 0 Å². The van der Waals surface area contributed by atoms with Crippen LogP contribution < -0.4 is 14.7 Å². The lowest BCUT2D eigenvalue weighted by molar-refractivity contribution is 0.389. The van der Waals surface area contributed by atoms with Gasteiger partial charge in [-0.15, -0.1) is 5.10 Å². The molecule has 0 aliphatic carbocycles. The number of benzene rings is 1. The van der Waals surface area contributed by atoms with Gasteiger partial charge < -0.3 is 13.3 Å². The highest BCUT2D eigenvalue weighted by molar-refractivity contribution is 7.87. The molecule has 2 aromatic rings. The molecule has 0 unspecified atom stereocenters. The zero-order valence-corrected chi connectivity index (χ0v) is 13.2. The largest absolute Gasteiger partial charge is 0.493 e. The third-order valence-electron chi connectivity index (χ3n) is 2.80. The molecule has 0 aliphatic heterocycles. The van der Waals surface area contributed by atoms with Gasteiger partial charge in [-0.3, -0.25) is 0 Å². The average Bonchev–Trinajstić information content (AvgIpc) is 2.76. The van der Waals surface area contributed by atoms with Gasteiger partial charge >= 0.3 is 15.9 Å². The van der Waals surface area contributed by atoms with Crippen molar-refractivity contribution in [2.45, 2.75) is 20.4 Å². The van der Waals surface area contributed by atoms with Crippen LogP contribution >= 0.6 is 0 Å². The van der Waals surface area contributed by atoms with Crippen molar-refractivity contribution in [2.24, 2.45) is 0 Å². The van der Waals surface area contributed by atoms with E-state index in [0.717, 1.165) is 10.2 Å². The Morgan fingerprint density at radius 3 is 2.59 bits per heavy atom. The minimum absolute atomic E-state index is 0.0942. The van der Waals surface area contributed by atoms with E-state index in [2.05, 4.69) is 9.52 Å². The van der Waals surface area contributed by atoms with E-state index >= 15 is 0 Å². The summed E-state index contributed by atoms with van der Waals surface area (Å²) in [6.07, 6.45) is 0. The first-order valence-corrected chi connectivity index (χ1v) is 8.00. The molecule has 1 aromatic carbocycles. The van der Waals surface area contributed by atoms with Crippen LogP contribution in [0.15, 0.2) is 27.4 Å². The highest BCUT2D eigenvalue weighted by atomic mass is 32.2. The van der Waals surface area contributed by atoms with Crippen LogP contribution in [0.1, 0.15) is 11.5 Å². The summed E-state index contributed by atoms with van der Waals surface area (Å²) in [5, 5.41) is 3.76. The lowest BCUT2D eigenvalue weighted by atomic mass is 10.2. The van der Waals surface area contributed by atoms with Gasteiger partial charge in [0.05, 0.1) is 13.7 Å². The molecule has 2 rings (SSSR count). The van der Waals surface area contributed by atoms with Crippen LogP contribution in [0.3, 0.4) is 0 Å². The monoisotopic (exact) mass is 328 g/mol. The van der Waals surface area contributed by atoms with Gasteiger partial charge in [0, 0.05) is 6.92 Å². The van der Waals surface area contributed by atoms with Crippen molar-refractivity contribution in [1.82, 2.24) is 9.78 Å². The maximum absolute atomic E-state index is 12.0. The fraction of sp³-hybridized carbons (Fsp3) is 0.385. The summed E-state index contributed by atoms with van der Waals surface area (Å²) < 4.78 is 39.7. The molecule has 1 heterocycles. The molecule has 0 fully saturated rings. The summed E-state index contributed by atoms with van der Waals surface area (Å²) in [4.78, 5) is 11.3. The molecule has 0 saturated carbocycles. The minimum atomic E-state index is -3.91. The molecule has 0 saturated heterocycles. The van der Waals surface area contributed by atoms with Gasteiger partial charge in [0.2, 0.25) is 5.89 Å². The molecular weight excluding hydrogens is 312 g/mol. The first kappa shape index (κ1) is 16.1. The van der Waals surface area contributed by atoms with Crippen molar-refractivity contribution < 1.29 is 21.8 Å². The van der Waals surface area contributed by atoms with E-state index in [-0.39, 0.29) is 18.2 Å². The van der Waals surface area contributed by atoms with Gasteiger partial charge in [-0.1, -0.05) is 6.07 Å². The van der Waals surface area contributed by atoms with Gasteiger partial charge in [-0.2, -0.15) is 13.1 Å². The van der Waals surface area contributed by atoms with E-state index in [1.54, 1.807) is 12.1 Å². The van der Waals surface area contributed by atoms with Crippen LogP contribution in [0.2, 0.25) is 0 Å². The summed E-state index contributed by atoms with van der Waals surface area (Å²) >= 11 is 0. The van der Waals surface area contributed by atoms with Crippen molar-refractivity contribution in [1.29, 1.82) is 0 Å². The topological polar surface area (TPSA) is 101 Å². The quantitative estimate of drug-likeness (QED) is 0.725. The smallest absolute Gasteiger partial charge is 0.437 e. The zero-order valence-electron chi connectivity index (χ0n) is 12.4. The first-order chi connectivity index (χ1) is 10.3. The van der Waals surface area contributed by atoms with Crippen molar-refractivity contribution in [3.8, 4) is 11.5 Å². The minimum Gasteiger partial charge on any atom is -0.493 e. The second-order valence-electron chi connectivity index (χ2n) is 4.61. The number of rotatable bonds is 6. The van der Waals surface area contributed by atoms with Gasteiger partial charge in [0.25, 0.3) is 0 Å². The number of methoxy groups -OCH3 is 1. The Labute approximate surface area is 127 Å². The Kier molecular flexibility index (Phi) is 4.55. The predicted octanol–water partition coefficient (Wildman–Crippen LogP) is 0.871. The second-order valence-corrected chi connectivity index (χ2v) is 6.30. The highest BCUT2D eigenvalue weighted by Crippen LogP contribution is 2.29. The number of ether oxygens (including phenoxy) is 1. The Morgan fingerprint density at radius 1 is 1.27 bits per heavy atom. The lowest BCUT2D eigenvalue weighted by Crippen LogP contribution is -2.24. The first-order valence-electron chi connectivity index (χ1n) is 6.42. The van der Waals surface area contributed by atoms with E-state index in [4.69, 9.17) is 8.92 Å². The van der Waals surface area contributed by atoms with Crippen molar-refractivity contribution in [2.75, 3.05) is 12.9 Å². The molecule has 0 N–H and O–H groups in total. The molecule has 0 radical (unpaired) electrons. The molecule has 0 amide bonds. The lowest BCUT2D eigenvalue weighted by Gasteiger charge is -2.11. The van der Waals surface area contributed by atoms with Crippen LogP contribution in [-0.2, 0) is 16.7 Å². The van der Waals surface area contributed by atoms with Crippen molar-refractivity contribution in [3.05, 3.63) is 40.2 Å². The van der Waals surface area contributed by atoms with E-state index < -0.39 is 21.6 Å². The Hall–Kier alpha value is -2.29.